The Morgan fingerprint density at radius 2 is 1.88 bits per heavy atom. The first-order chi connectivity index (χ1) is 12.2. The maximum absolute atomic E-state index is 5.95. The van der Waals surface area contributed by atoms with Gasteiger partial charge < -0.3 is 14.6 Å². The van der Waals surface area contributed by atoms with Gasteiger partial charge in [-0.15, -0.1) is 0 Å². The van der Waals surface area contributed by atoms with Crippen LogP contribution in [0, 0.1) is 5.41 Å². The molecule has 134 valence electrons. The van der Waals surface area contributed by atoms with Gasteiger partial charge in [-0.05, 0) is 18.4 Å². The van der Waals surface area contributed by atoms with E-state index in [9.17, 15) is 0 Å². The molecular weight excluding hydrogens is 312 g/mol. The zero-order chi connectivity index (χ0) is 17.1. The van der Waals surface area contributed by atoms with Crippen LogP contribution in [0.4, 0.5) is 0 Å². The molecule has 0 bridgehead atoms. The highest BCUT2D eigenvalue weighted by atomic mass is 16.4. The number of nitrogens with zero attached hydrogens (tertiary/aromatic N) is 3. The zero-order valence-electron chi connectivity index (χ0n) is 15.1. The normalized spacial score (nSPS) is 25.5. The molecule has 4 rings (SSSR count). The van der Waals surface area contributed by atoms with Gasteiger partial charge in [0.15, 0.2) is 5.76 Å². The Hall–Kier alpha value is -1.69. The van der Waals surface area contributed by atoms with E-state index in [2.05, 4.69) is 39.2 Å². The molecule has 2 aliphatic rings. The van der Waals surface area contributed by atoms with Gasteiger partial charge in [0.1, 0.15) is 0 Å². The summed E-state index contributed by atoms with van der Waals surface area (Å²) >= 11 is 0. The third-order valence-corrected chi connectivity index (χ3v) is 5.50. The molecule has 2 aromatic rings. The van der Waals surface area contributed by atoms with E-state index in [0.29, 0.717) is 5.41 Å². The van der Waals surface area contributed by atoms with E-state index in [0.717, 1.165) is 56.5 Å². The van der Waals surface area contributed by atoms with Crippen molar-refractivity contribution in [2.45, 2.75) is 19.9 Å². The van der Waals surface area contributed by atoms with E-state index in [4.69, 9.17) is 4.42 Å². The van der Waals surface area contributed by atoms with Crippen LogP contribution in [0.15, 0.2) is 40.9 Å². The fraction of sp³-hybridized carbons (Fsp3) is 0.550. The number of nitrogens with one attached hydrogen (secondary N) is 1. The lowest BCUT2D eigenvalue weighted by Gasteiger charge is -2.38. The van der Waals surface area contributed by atoms with Crippen LogP contribution in [-0.4, -0.2) is 60.6 Å². The predicted octanol–water partition coefficient (Wildman–Crippen LogP) is 2.46. The minimum Gasteiger partial charge on any atom is -0.439 e. The Kier molecular flexibility index (Phi) is 4.88. The molecule has 1 N–H and O–H groups in total. The third kappa shape index (κ3) is 4.11. The number of hydrogen-bond acceptors (Lipinski definition) is 5. The average Bonchev–Trinajstić information content (AvgIpc) is 3.27. The molecule has 1 atom stereocenters. The third-order valence-electron chi connectivity index (χ3n) is 5.50. The minimum absolute atomic E-state index is 0.454. The van der Waals surface area contributed by atoms with Crippen molar-refractivity contribution in [2.75, 3.05) is 45.8 Å². The Labute approximate surface area is 150 Å². The Morgan fingerprint density at radius 3 is 2.60 bits per heavy atom. The second kappa shape index (κ2) is 7.28. The van der Waals surface area contributed by atoms with Crippen molar-refractivity contribution in [1.82, 2.24) is 20.1 Å². The second-order valence-corrected chi connectivity index (χ2v) is 7.77. The summed E-state index contributed by atoms with van der Waals surface area (Å²) in [6.07, 6.45) is 3.14. The smallest absolute Gasteiger partial charge is 0.209 e. The van der Waals surface area contributed by atoms with Gasteiger partial charge in [-0.2, -0.15) is 0 Å². The molecule has 2 saturated heterocycles. The molecule has 0 spiro atoms. The van der Waals surface area contributed by atoms with Crippen LogP contribution in [0.1, 0.15) is 19.2 Å². The van der Waals surface area contributed by atoms with Crippen LogP contribution < -0.4 is 5.32 Å². The molecule has 1 aromatic carbocycles. The van der Waals surface area contributed by atoms with Crippen molar-refractivity contribution in [1.29, 1.82) is 0 Å². The topological polar surface area (TPSA) is 44.5 Å². The second-order valence-electron chi connectivity index (χ2n) is 7.77. The van der Waals surface area contributed by atoms with Crippen molar-refractivity contribution >= 4 is 0 Å². The molecule has 1 aromatic heterocycles. The summed E-state index contributed by atoms with van der Waals surface area (Å²) in [5.41, 5.74) is 1.54. The molecule has 0 radical (unpaired) electrons. The van der Waals surface area contributed by atoms with Crippen LogP contribution >= 0.6 is 0 Å². The molecule has 3 heterocycles. The maximum atomic E-state index is 5.95. The van der Waals surface area contributed by atoms with Gasteiger partial charge >= 0.3 is 0 Å². The van der Waals surface area contributed by atoms with E-state index in [1.807, 2.05) is 24.4 Å². The number of piperazine rings is 1. The fourth-order valence-corrected chi connectivity index (χ4v) is 3.96. The Morgan fingerprint density at radius 1 is 1.12 bits per heavy atom. The Balaban J connectivity index is 1.28. The summed E-state index contributed by atoms with van der Waals surface area (Å²) in [5.74, 6) is 1.68. The van der Waals surface area contributed by atoms with E-state index < -0.39 is 0 Å². The number of aromatic nitrogens is 1. The van der Waals surface area contributed by atoms with Gasteiger partial charge in [0, 0.05) is 44.8 Å². The number of hydrogen-bond donors (Lipinski definition) is 1. The van der Waals surface area contributed by atoms with Crippen molar-refractivity contribution in [3.8, 4) is 11.3 Å². The molecular formula is C20H28N4O. The Bertz CT molecular complexity index is 670. The molecule has 2 fully saturated rings. The first-order valence-electron chi connectivity index (χ1n) is 9.36. The summed E-state index contributed by atoms with van der Waals surface area (Å²) < 4.78 is 5.95. The first-order valence-corrected chi connectivity index (χ1v) is 9.36. The molecule has 0 aliphatic carbocycles. The molecule has 2 aliphatic heterocycles. The van der Waals surface area contributed by atoms with Gasteiger partial charge in [-0.1, -0.05) is 37.3 Å². The monoisotopic (exact) mass is 340 g/mol. The quantitative estimate of drug-likeness (QED) is 0.906. The summed E-state index contributed by atoms with van der Waals surface area (Å²) in [7, 11) is 0. The molecule has 5 heteroatoms. The van der Waals surface area contributed by atoms with Crippen LogP contribution in [0.5, 0.6) is 0 Å². The highest BCUT2D eigenvalue weighted by Crippen LogP contribution is 2.26. The molecule has 1 unspecified atom stereocenters. The first kappa shape index (κ1) is 16.8. The minimum atomic E-state index is 0.454. The van der Waals surface area contributed by atoms with Crippen molar-refractivity contribution in [2.24, 2.45) is 5.41 Å². The lowest BCUT2D eigenvalue weighted by Crippen LogP contribution is -2.49. The maximum Gasteiger partial charge on any atom is 0.209 e. The highest BCUT2D eigenvalue weighted by molar-refractivity contribution is 5.55. The van der Waals surface area contributed by atoms with Gasteiger partial charge in [-0.3, -0.25) is 4.90 Å². The van der Waals surface area contributed by atoms with E-state index in [1.165, 1.54) is 19.5 Å². The van der Waals surface area contributed by atoms with Gasteiger partial charge in [0.25, 0.3) is 0 Å². The summed E-state index contributed by atoms with van der Waals surface area (Å²) in [4.78, 5) is 9.54. The molecule has 0 amide bonds. The van der Waals surface area contributed by atoms with E-state index in [-0.39, 0.29) is 0 Å². The van der Waals surface area contributed by atoms with Crippen molar-refractivity contribution < 1.29 is 4.42 Å². The highest BCUT2D eigenvalue weighted by Gasteiger charge is 2.31. The van der Waals surface area contributed by atoms with Crippen LogP contribution in [0.3, 0.4) is 0 Å². The molecule has 5 nitrogen and oxygen atoms in total. The molecule has 25 heavy (non-hydrogen) atoms. The summed E-state index contributed by atoms with van der Waals surface area (Å²) in [5, 5.41) is 3.50. The van der Waals surface area contributed by atoms with Crippen LogP contribution in [-0.2, 0) is 6.54 Å². The standard InChI is InChI=1S/C20H28N4O/c1-20(7-8-21-15-20)16-24-11-9-23(10-12-24)14-19-22-13-18(25-19)17-5-3-2-4-6-17/h2-6,13,21H,7-12,14-16H2,1H3. The molecule has 0 saturated carbocycles. The van der Waals surface area contributed by atoms with Crippen LogP contribution in [0.25, 0.3) is 11.3 Å². The lowest BCUT2D eigenvalue weighted by molar-refractivity contribution is 0.0885. The van der Waals surface area contributed by atoms with Crippen molar-refractivity contribution in [3.05, 3.63) is 42.4 Å². The predicted molar refractivity (Wildman–Crippen MR) is 99.2 cm³/mol. The van der Waals surface area contributed by atoms with Crippen LogP contribution in [0.2, 0.25) is 0 Å². The number of rotatable bonds is 5. The van der Waals surface area contributed by atoms with E-state index >= 15 is 0 Å². The van der Waals surface area contributed by atoms with Gasteiger partial charge in [0.2, 0.25) is 5.89 Å². The average molecular weight is 340 g/mol. The lowest BCUT2D eigenvalue weighted by atomic mass is 9.89. The summed E-state index contributed by atoms with van der Waals surface area (Å²) in [6, 6.07) is 10.2. The SMILES string of the molecule is CC1(CN2CCN(Cc3ncc(-c4ccccc4)o3)CC2)CCNC1. The van der Waals surface area contributed by atoms with Crippen molar-refractivity contribution in [3.63, 3.8) is 0 Å². The largest absolute Gasteiger partial charge is 0.439 e. The zero-order valence-corrected chi connectivity index (χ0v) is 15.1. The van der Waals surface area contributed by atoms with Gasteiger partial charge in [-0.25, -0.2) is 4.98 Å². The van der Waals surface area contributed by atoms with E-state index in [1.54, 1.807) is 0 Å². The van der Waals surface area contributed by atoms with Gasteiger partial charge in [0.05, 0.1) is 12.7 Å². The number of benzene rings is 1. The fourth-order valence-electron chi connectivity index (χ4n) is 3.96. The number of oxazole rings is 1. The summed E-state index contributed by atoms with van der Waals surface area (Å²) in [6.45, 7) is 11.2.